The van der Waals surface area contributed by atoms with Crippen molar-refractivity contribution in [3.05, 3.63) is 36.0 Å². The van der Waals surface area contributed by atoms with Gasteiger partial charge in [-0.2, -0.15) is 0 Å². The zero-order chi connectivity index (χ0) is 8.10. The van der Waals surface area contributed by atoms with Gasteiger partial charge in [0.25, 0.3) is 0 Å². The number of likely N-dealkylation sites (N-methyl/N-ethyl adjacent to an activating group) is 1. The molecule has 0 amide bonds. The SMILES string of the molecule is CNC(C)C=C1C=CCC=C1. The Bertz CT molecular complexity index is 185. The van der Waals surface area contributed by atoms with E-state index in [0.29, 0.717) is 6.04 Å². The Balaban J connectivity index is 2.57. The van der Waals surface area contributed by atoms with Gasteiger partial charge in [0.1, 0.15) is 0 Å². The van der Waals surface area contributed by atoms with Crippen LogP contribution in [0.5, 0.6) is 0 Å². The minimum Gasteiger partial charge on any atom is -0.314 e. The molecule has 1 unspecified atom stereocenters. The molecule has 0 saturated carbocycles. The summed E-state index contributed by atoms with van der Waals surface area (Å²) in [6, 6.07) is 0.456. The zero-order valence-corrected chi connectivity index (χ0v) is 7.17. The van der Waals surface area contributed by atoms with Crippen LogP contribution in [0, 0.1) is 0 Å². The molecule has 1 N–H and O–H groups in total. The van der Waals surface area contributed by atoms with Crippen LogP contribution in [0.15, 0.2) is 36.0 Å². The van der Waals surface area contributed by atoms with E-state index in [1.807, 2.05) is 7.05 Å². The molecule has 0 heterocycles. The summed E-state index contributed by atoms with van der Waals surface area (Å²) in [6.45, 7) is 2.14. The summed E-state index contributed by atoms with van der Waals surface area (Å²) in [5.41, 5.74) is 1.30. The molecule has 0 aliphatic heterocycles. The number of rotatable bonds is 2. The van der Waals surface area contributed by atoms with Crippen molar-refractivity contribution in [3.63, 3.8) is 0 Å². The van der Waals surface area contributed by atoms with Gasteiger partial charge in [-0.25, -0.2) is 0 Å². The molecule has 1 heteroatoms. The smallest absolute Gasteiger partial charge is 0.0227 e. The third kappa shape index (κ3) is 2.72. The summed E-state index contributed by atoms with van der Waals surface area (Å²) in [5, 5.41) is 3.17. The summed E-state index contributed by atoms with van der Waals surface area (Å²) in [4.78, 5) is 0. The van der Waals surface area contributed by atoms with Crippen molar-refractivity contribution in [3.8, 4) is 0 Å². The van der Waals surface area contributed by atoms with Crippen LogP contribution in [-0.4, -0.2) is 13.1 Å². The summed E-state index contributed by atoms with van der Waals surface area (Å²) >= 11 is 0. The molecule has 1 nitrogen and oxygen atoms in total. The fourth-order valence-electron chi connectivity index (χ4n) is 1.03. The van der Waals surface area contributed by atoms with E-state index in [2.05, 4.69) is 42.6 Å². The van der Waals surface area contributed by atoms with Crippen LogP contribution in [0.1, 0.15) is 13.3 Å². The molecule has 0 bridgehead atoms. The summed E-state index contributed by atoms with van der Waals surface area (Å²) in [7, 11) is 1.97. The third-order valence-electron chi connectivity index (χ3n) is 1.79. The summed E-state index contributed by atoms with van der Waals surface area (Å²) < 4.78 is 0. The van der Waals surface area contributed by atoms with Gasteiger partial charge in [0.15, 0.2) is 0 Å². The number of hydrogen-bond acceptors (Lipinski definition) is 1. The first kappa shape index (κ1) is 8.28. The van der Waals surface area contributed by atoms with Crippen molar-refractivity contribution in [2.75, 3.05) is 7.05 Å². The van der Waals surface area contributed by atoms with Gasteiger partial charge in [0.05, 0.1) is 0 Å². The Morgan fingerprint density at radius 1 is 1.45 bits per heavy atom. The first-order chi connectivity index (χ1) is 5.33. The molecule has 0 saturated heterocycles. The van der Waals surface area contributed by atoms with Gasteiger partial charge in [-0.1, -0.05) is 30.4 Å². The molecule has 1 rings (SSSR count). The Labute approximate surface area is 68.5 Å². The van der Waals surface area contributed by atoms with E-state index in [9.17, 15) is 0 Å². The van der Waals surface area contributed by atoms with Crippen LogP contribution in [-0.2, 0) is 0 Å². The highest BCUT2D eigenvalue weighted by atomic mass is 14.8. The van der Waals surface area contributed by atoms with E-state index in [4.69, 9.17) is 0 Å². The van der Waals surface area contributed by atoms with Crippen molar-refractivity contribution in [1.29, 1.82) is 0 Å². The molecule has 0 aromatic carbocycles. The van der Waals surface area contributed by atoms with Gasteiger partial charge in [-0.15, -0.1) is 0 Å². The van der Waals surface area contributed by atoms with Crippen molar-refractivity contribution in [2.45, 2.75) is 19.4 Å². The van der Waals surface area contributed by atoms with Crippen LogP contribution >= 0.6 is 0 Å². The van der Waals surface area contributed by atoms with E-state index in [1.165, 1.54) is 5.57 Å². The van der Waals surface area contributed by atoms with E-state index >= 15 is 0 Å². The molecule has 0 aromatic rings. The second-order valence-corrected chi connectivity index (χ2v) is 2.78. The Morgan fingerprint density at radius 3 is 2.64 bits per heavy atom. The van der Waals surface area contributed by atoms with Gasteiger partial charge in [-0.05, 0) is 26.0 Å². The Hall–Kier alpha value is -0.820. The fraction of sp³-hybridized carbons (Fsp3) is 0.400. The van der Waals surface area contributed by atoms with Gasteiger partial charge in [0.2, 0.25) is 0 Å². The molecule has 1 aliphatic rings. The first-order valence-electron chi connectivity index (χ1n) is 4.05. The fourth-order valence-corrected chi connectivity index (χ4v) is 1.03. The summed E-state index contributed by atoms with van der Waals surface area (Å²) in [6.07, 6.45) is 12.0. The minimum absolute atomic E-state index is 0.456. The maximum Gasteiger partial charge on any atom is 0.0227 e. The van der Waals surface area contributed by atoms with Crippen LogP contribution in [0.4, 0.5) is 0 Å². The molecule has 0 radical (unpaired) electrons. The lowest BCUT2D eigenvalue weighted by Gasteiger charge is -2.06. The lowest BCUT2D eigenvalue weighted by Crippen LogP contribution is -2.18. The van der Waals surface area contributed by atoms with Crippen LogP contribution in [0.2, 0.25) is 0 Å². The summed E-state index contributed by atoms with van der Waals surface area (Å²) in [5.74, 6) is 0. The normalized spacial score (nSPS) is 18.5. The highest BCUT2D eigenvalue weighted by molar-refractivity contribution is 5.35. The Kier molecular flexibility index (Phi) is 3.12. The van der Waals surface area contributed by atoms with Gasteiger partial charge < -0.3 is 5.32 Å². The van der Waals surface area contributed by atoms with Gasteiger partial charge in [0, 0.05) is 6.04 Å². The molecule has 60 valence electrons. The maximum atomic E-state index is 3.17. The molecule has 0 aromatic heterocycles. The number of hydrogen-bond donors (Lipinski definition) is 1. The standard InChI is InChI=1S/C10H15N/c1-9(11-2)8-10-6-4-3-5-7-10/h4-9,11H,3H2,1-2H3. The number of nitrogens with one attached hydrogen (secondary N) is 1. The highest BCUT2D eigenvalue weighted by Gasteiger charge is 1.94. The van der Waals surface area contributed by atoms with Crippen LogP contribution in [0.25, 0.3) is 0 Å². The van der Waals surface area contributed by atoms with Crippen molar-refractivity contribution in [2.24, 2.45) is 0 Å². The maximum absolute atomic E-state index is 3.17. The Morgan fingerprint density at radius 2 is 2.09 bits per heavy atom. The van der Waals surface area contributed by atoms with Crippen LogP contribution < -0.4 is 5.32 Å². The van der Waals surface area contributed by atoms with E-state index in [-0.39, 0.29) is 0 Å². The molecule has 11 heavy (non-hydrogen) atoms. The molecule has 1 atom stereocenters. The molecule has 0 fully saturated rings. The molecule has 0 spiro atoms. The van der Waals surface area contributed by atoms with Gasteiger partial charge in [-0.3, -0.25) is 0 Å². The highest BCUT2D eigenvalue weighted by Crippen LogP contribution is 2.08. The van der Waals surface area contributed by atoms with Crippen molar-refractivity contribution in [1.82, 2.24) is 5.32 Å². The molecular weight excluding hydrogens is 134 g/mol. The third-order valence-corrected chi connectivity index (χ3v) is 1.79. The van der Waals surface area contributed by atoms with E-state index in [0.717, 1.165) is 6.42 Å². The second kappa shape index (κ2) is 4.14. The lowest BCUT2D eigenvalue weighted by atomic mass is 10.1. The topological polar surface area (TPSA) is 12.0 Å². The van der Waals surface area contributed by atoms with Crippen molar-refractivity contribution < 1.29 is 0 Å². The second-order valence-electron chi connectivity index (χ2n) is 2.78. The van der Waals surface area contributed by atoms with Crippen LogP contribution in [0.3, 0.4) is 0 Å². The average molecular weight is 149 g/mol. The molecular formula is C10H15N. The largest absolute Gasteiger partial charge is 0.314 e. The van der Waals surface area contributed by atoms with Gasteiger partial charge >= 0.3 is 0 Å². The van der Waals surface area contributed by atoms with E-state index in [1.54, 1.807) is 0 Å². The first-order valence-corrected chi connectivity index (χ1v) is 4.05. The lowest BCUT2D eigenvalue weighted by molar-refractivity contribution is 0.727. The predicted octanol–water partition coefficient (Wildman–Crippen LogP) is 2.04. The molecule has 1 aliphatic carbocycles. The monoisotopic (exact) mass is 149 g/mol. The minimum atomic E-state index is 0.456. The average Bonchev–Trinajstić information content (AvgIpc) is 2.06. The zero-order valence-electron chi connectivity index (χ0n) is 7.17. The van der Waals surface area contributed by atoms with Crippen molar-refractivity contribution >= 4 is 0 Å². The number of allylic oxidation sites excluding steroid dienone is 5. The quantitative estimate of drug-likeness (QED) is 0.633. The van der Waals surface area contributed by atoms with E-state index < -0.39 is 0 Å². The predicted molar refractivity (Wildman–Crippen MR) is 49.5 cm³/mol.